The molecule has 0 atom stereocenters. The lowest BCUT2D eigenvalue weighted by molar-refractivity contribution is 0.129. The van der Waals surface area contributed by atoms with E-state index in [2.05, 4.69) is 12.2 Å². The topological polar surface area (TPSA) is 39.7 Å². The van der Waals surface area contributed by atoms with E-state index < -0.39 is 0 Å². The highest BCUT2D eigenvalue weighted by atomic mass is 35.5. The van der Waals surface area contributed by atoms with Crippen LogP contribution in [-0.4, -0.2) is 26.4 Å². The summed E-state index contributed by atoms with van der Waals surface area (Å²) in [7, 11) is 0. The predicted octanol–water partition coefficient (Wildman–Crippen LogP) is 5.75. The number of unbranched alkanes of at least 4 members (excludes halogenated alkanes) is 1. The quantitative estimate of drug-likeness (QED) is 0.392. The van der Waals surface area contributed by atoms with Gasteiger partial charge in [0, 0.05) is 25.3 Å². The largest absolute Gasteiger partial charge is 0.490 e. The Kier molecular flexibility index (Phi) is 10.8. The molecule has 29 heavy (non-hydrogen) atoms. The van der Waals surface area contributed by atoms with Crippen molar-refractivity contribution in [1.29, 1.82) is 0 Å². The molecule has 0 aliphatic rings. The lowest BCUT2D eigenvalue weighted by Gasteiger charge is -2.14. The van der Waals surface area contributed by atoms with Crippen molar-refractivity contribution in [1.82, 2.24) is 5.32 Å². The standard InChI is InChI=1S/C23H31ClFNO3/c1-3-5-13-27-14-7-12-26-16-18-10-11-22(23(15-18)28-4-2)29-17-19-20(24)8-6-9-21(19)25/h6,8-11,15,26H,3-5,7,12-14,16-17H2,1-2H3. The summed E-state index contributed by atoms with van der Waals surface area (Å²) in [6.45, 7) is 7.88. The fourth-order valence-electron chi connectivity index (χ4n) is 2.75. The second-order valence-corrected chi connectivity index (χ2v) is 7.11. The monoisotopic (exact) mass is 423 g/mol. The van der Waals surface area contributed by atoms with Crippen LogP contribution in [0.15, 0.2) is 36.4 Å². The Labute approximate surface area is 178 Å². The van der Waals surface area contributed by atoms with Crippen LogP contribution in [0.1, 0.15) is 44.2 Å². The first-order valence-electron chi connectivity index (χ1n) is 10.3. The highest BCUT2D eigenvalue weighted by Crippen LogP contribution is 2.30. The van der Waals surface area contributed by atoms with Gasteiger partial charge in [-0.3, -0.25) is 0 Å². The molecular formula is C23H31ClFNO3. The summed E-state index contributed by atoms with van der Waals surface area (Å²) in [5.74, 6) is 0.830. The second kappa shape index (κ2) is 13.4. The van der Waals surface area contributed by atoms with Crippen molar-refractivity contribution in [3.8, 4) is 11.5 Å². The number of rotatable bonds is 14. The fourth-order valence-corrected chi connectivity index (χ4v) is 2.97. The molecule has 1 N–H and O–H groups in total. The molecular weight excluding hydrogens is 393 g/mol. The molecule has 0 bridgehead atoms. The summed E-state index contributed by atoms with van der Waals surface area (Å²) < 4.78 is 31.0. The van der Waals surface area contributed by atoms with Gasteiger partial charge in [0.15, 0.2) is 11.5 Å². The van der Waals surface area contributed by atoms with Crippen molar-refractivity contribution in [2.45, 2.75) is 46.3 Å². The minimum absolute atomic E-state index is 0.0429. The van der Waals surface area contributed by atoms with Crippen molar-refractivity contribution >= 4 is 11.6 Å². The molecule has 0 spiro atoms. The zero-order valence-electron chi connectivity index (χ0n) is 17.3. The van der Waals surface area contributed by atoms with E-state index in [-0.39, 0.29) is 12.4 Å². The van der Waals surface area contributed by atoms with Gasteiger partial charge in [0.25, 0.3) is 0 Å². The Hall–Kier alpha value is -1.82. The number of hydrogen-bond donors (Lipinski definition) is 1. The smallest absolute Gasteiger partial charge is 0.161 e. The molecule has 0 aliphatic carbocycles. The van der Waals surface area contributed by atoms with Crippen LogP contribution in [0, 0.1) is 5.82 Å². The maximum Gasteiger partial charge on any atom is 0.161 e. The summed E-state index contributed by atoms with van der Waals surface area (Å²) in [4.78, 5) is 0. The third-order valence-electron chi connectivity index (χ3n) is 4.36. The van der Waals surface area contributed by atoms with Crippen molar-refractivity contribution in [2.75, 3.05) is 26.4 Å². The van der Waals surface area contributed by atoms with Gasteiger partial charge in [0.05, 0.1) is 11.6 Å². The maximum absolute atomic E-state index is 13.9. The van der Waals surface area contributed by atoms with Crippen LogP contribution < -0.4 is 14.8 Å². The number of halogens is 2. The first-order chi connectivity index (χ1) is 14.2. The molecule has 0 heterocycles. The van der Waals surface area contributed by atoms with E-state index in [4.69, 9.17) is 25.8 Å². The Morgan fingerprint density at radius 3 is 2.59 bits per heavy atom. The number of hydrogen-bond acceptors (Lipinski definition) is 4. The van der Waals surface area contributed by atoms with Gasteiger partial charge in [-0.1, -0.05) is 37.1 Å². The molecule has 0 saturated carbocycles. The molecule has 0 aromatic heterocycles. The van der Waals surface area contributed by atoms with E-state index in [1.807, 2.05) is 25.1 Å². The Bertz CT molecular complexity index is 722. The summed E-state index contributed by atoms with van der Waals surface area (Å²) in [6, 6.07) is 10.4. The third kappa shape index (κ3) is 8.21. The van der Waals surface area contributed by atoms with Crippen molar-refractivity contribution in [2.24, 2.45) is 0 Å². The van der Waals surface area contributed by atoms with Crippen LogP contribution in [-0.2, 0) is 17.9 Å². The van der Waals surface area contributed by atoms with Crippen molar-refractivity contribution in [3.05, 3.63) is 58.4 Å². The minimum Gasteiger partial charge on any atom is -0.490 e. The van der Waals surface area contributed by atoms with Gasteiger partial charge in [-0.05, 0) is 56.1 Å². The third-order valence-corrected chi connectivity index (χ3v) is 4.71. The summed E-state index contributed by atoms with van der Waals surface area (Å²) in [5.41, 5.74) is 1.43. The minimum atomic E-state index is -0.380. The maximum atomic E-state index is 13.9. The van der Waals surface area contributed by atoms with E-state index >= 15 is 0 Å². The molecule has 0 unspecified atom stereocenters. The van der Waals surface area contributed by atoms with E-state index in [0.717, 1.165) is 51.1 Å². The highest BCUT2D eigenvalue weighted by molar-refractivity contribution is 6.31. The fraction of sp³-hybridized carbons (Fsp3) is 0.478. The predicted molar refractivity (Wildman–Crippen MR) is 115 cm³/mol. The molecule has 0 radical (unpaired) electrons. The van der Waals surface area contributed by atoms with Gasteiger partial charge in [-0.15, -0.1) is 0 Å². The lowest BCUT2D eigenvalue weighted by atomic mass is 10.2. The van der Waals surface area contributed by atoms with Crippen LogP contribution in [0.3, 0.4) is 0 Å². The Morgan fingerprint density at radius 1 is 1.00 bits per heavy atom. The van der Waals surface area contributed by atoms with Crippen LogP contribution >= 0.6 is 11.6 Å². The normalized spacial score (nSPS) is 10.9. The molecule has 2 aromatic carbocycles. The number of benzene rings is 2. The molecule has 0 aliphatic heterocycles. The van der Waals surface area contributed by atoms with Gasteiger partial charge in [-0.25, -0.2) is 4.39 Å². The SMILES string of the molecule is CCCCOCCCNCc1ccc(OCc2c(F)cccc2Cl)c(OCC)c1. The first-order valence-corrected chi connectivity index (χ1v) is 10.6. The summed E-state index contributed by atoms with van der Waals surface area (Å²) >= 11 is 6.07. The number of nitrogens with one attached hydrogen (secondary N) is 1. The van der Waals surface area contributed by atoms with Gasteiger partial charge >= 0.3 is 0 Å². The molecule has 4 nitrogen and oxygen atoms in total. The molecule has 2 rings (SSSR count). The molecule has 0 saturated heterocycles. The highest BCUT2D eigenvalue weighted by Gasteiger charge is 2.11. The summed E-state index contributed by atoms with van der Waals surface area (Å²) in [6.07, 6.45) is 3.26. The zero-order valence-corrected chi connectivity index (χ0v) is 18.1. The Morgan fingerprint density at radius 2 is 1.83 bits per heavy atom. The van der Waals surface area contributed by atoms with Crippen LogP contribution in [0.2, 0.25) is 5.02 Å². The molecule has 0 amide bonds. The lowest BCUT2D eigenvalue weighted by Crippen LogP contribution is -2.16. The molecule has 6 heteroatoms. The van der Waals surface area contributed by atoms with E-state index in [9.17, 15) is 4.39 Å². The van der Waals surface area contributed by atoms with E-state index in [1.54, 1.807) is 12.1 Å². The molecule has 2 aromatic rings. The number of ether oxygens (including phenoxy) is 3. The average Bonchev–Trinajstić information content (AvgIpc) is 2.71. The van der Waals surface area contributed by atoms with Crippen LogP contribution in [0.5, 0.6) is 11.5 Å². The zero-order chi connectivity index (χ0) is 20.9. The summed E-state index contributed by atoms with van der Waals surface area (Å²) in [5, 5.41) is 3.76. The van der Waals surface area contributed by atoms with Gasteiger partial charge in [-0.2, -0.15) is 0 Å². The molecule has 160 valence electrons. The average molecular weight is 424 g/mol. The first kappa shape index (κ1) is 23.5. The van der Waals surface area contributed by atoms with E-state index in [1.165, 1.54) is 6.07 Å². The van der Waals surface area contributed by atoms with Gasteiger partial charge in [0.2, 0.25) is 0 Å². The molecule has 0 fully saturated rings. The van der Waals surface area contributed by atoms with Gasteiger partial charge < -0.3 is 19.5 Å². The van der Waals surface area contributed by atoms with Crippen molar-refractivity contribution < 1.29 is 18.6 Å². The van der Waals surface area contributed by atoms with Crippen LogP contribution in [0.4, 0.5) is 4.39 Å². The van der Waals surface area contributed by atoms with Gasteiger partial charge in [0.1, 0.15) is 12.4 Å². The Balaban J connectivity index is 1.86. The second-order valence-electron chi connectivity index (χ2n) is 6.70. The van der Waals surface area contributed by atoms with Crippen LogP contribution in [0.25, 0.3) is 0 Å². The van der Waals surface area contributed by atoms with E-state index in [0.29, 0.717) is 28.7 Å². The van der Waals surface area contributed by atoms with Crippen molar-refractivity contribution in [3.63, 3.8) is 0 Å².